The van der Waals surface area contributed by atoms with Crippen molar-refractivity contribution in [3.63, 3.8) is 0 Å². The summed E-state index contributed by atoms with van der Waals surface area (Å²) in [5.74, 6) is 0. The first kappa shape index (κ1) is 3.68. The fraction of sp³-hybridized carbons (Fsp3) is 0.250. The molecular weight excluding hydrogens is 139 g/mol. The van der Waals surface area contributed by atoms with Crippen molar-refractivity contribution in [1.82, 2.24) is 0 Å². The van der Waals surface area contributed by atoms with Crippen LogP contribution in [0.4, 0.5) is 0 Å². The Kier molecular flexibility index (Phi) is 1.34. The minimum atomic E-state index is 0.0928. The van der Waals surface area contributed by atoms with E-state index >= 15 is 0 Å². The van der Waals surface area contributed by atoms with E-state index in [1.165, 1.54) is 4.13 Å². The average Bonchev–Trinajstić information content (AvgIpc) is 1.76. The van der Waals surface area contributed by atoms with Crippen LogP contribution < -0.4 is 0 Å². The molecule has 0 aromatic carbocycles. The average molecular weight is 144 g/mol. The standard InChI is InChI=1S/C4H5.Zr/c1-3-4-2;/h1,3-4H,2H2;. The quantitative estimate of drug-likeness (QED) is 0.473. The normalized spacial score (nSPS) is 16.0. The maximum absolute atomic E-state index is 2.35. The van der Waals surface area contributed by atoms with Gasteiger partial charge in [-0.25, -0.2) is 0 Å². The fourth-order valence-corrected chi connectivity index (χ4v) is 2.01. The zero-order valence-corrected chi connectivity index (χ0v) is 5.40. The van der Waals surface area contributed by atoms with Crippen LogP contribution in [0, 0.1) is 0 Å². The van der Waals surface area contributed by atoms with E-state index in [4.69, 9.17) is 0 Å². The SMILES string of the molecule is C1=C[CH2][Zr]=[CH]1. The van der Waals surface area contributed by atoms with E-state index in [0.717, 1.165) is 0 Å². The van der Waals surface area contributed by atoms with E-state index in [-0.39, 0.29) is 22.8 Å². The van der Waals surface area contributed by atoms with Crippen molar-refractivity contribution in [3.8, 4) is 0 Å². The molecule has 25 valence electrons. The van der Waals surface area contributed by atoms with Crippen molar-refractivity contribution in [3.05, 3.63) is 12.2 Å². The zero-order chi connectivity index (χ0) is 3.54. The molecular formula is C4H5Zr. The van der Waals surface area contributed by atoms with Crippen LogP contribution in [-0.4, -0.2) is 3.71 Å². The van der Waals surface area contributed by atoms with Crippen molar-refractivity contribution in [2.75, 3.05) is 0 Å². The maximum atomic E-state index is 2.35. The van der Waals surface area contributed by atoms with Gasteiger partial charge in [0.15, 0.2) is 0 Å². The fourth-order valence-electron chi connectivity index (χ4n) is 0.340. The second kappa shape index (κ2) is 1.82. The molecule has 0 saturated heterocycles. The van der Waals surface area contributed by atoms with Gasteiger partial charge >= 0.3 is 42.7 Å². The van der Waals surface area contributed by atoms with Gasteiger partial charge in [0.25, 0.3) is 0 Å². The Hall–Kier alpha value is 0.493. The van der Waals surface area contributed by atoms with Crippen molar-refractivity contribution < 1.29 is 22.8 Å². The van der Waals surface area contributed by atoms with Crippen LogP contribution in [0.5, 0.6) is 0 Å². The summed E-state index contributed by atoms with van der Waals surface area (Å²) in [6, 6.07) is 0. The van der Waals surface area contributed by atoms with Crippen LogP contribution in [0.3, 0.4) is 0 Å². The predicted molar refractivity (Wildman–Crippen MR) is 20.0 cm³/mol. The molecule has 0 fully saturated rings. The first-order valence-electron chi connectivity index (χ1n) is 1.72. The van der Waals surface area contributed by atoms with Gasteiger partial charge in [0.1, 0.15) is 0 Å². The Bertz CT molecular complexity index is 61.7. The molecule has 5 heavy (non-hydrogen) atoms. The Morgan fingerprint density at radius 2 is 2.60 bits per heavy atom. The Morgan fingerprint density at radius 1 is 1.60 bits per heavy atom. The number of rotatable bonds is 0. The van der Waals surface area contributed by atoms with Crippen molar-refractivity contribution in [1.29, 1.82) is 0 Å². The van der Waals surface area contributed by atoms with Gasteiger partial charge in [-0.3, -0.25) is 0 Å². The monoisotopic (exact) mass is 143 g/mol. The van der Waals surface area contributed by atoms with Gasteiger partial charge in [-0.2, -0.15) is 0 Å². The van der Waals surface area contributed by atoms with E-state index in [1.54, 1.807) is 0 Å². The van der Waals surface area contributed by atoms with Crippen molar-refractivity contribution in [2.24, 2.45) is 0 Å². The summed E-state index contributed by atoms with van der Waals surface area (Å²) in [6.45, 7) is 0. The second-order valence-corrected chi connectivity index (χ2v) is 3.83. The van der Waals surface area contributed by atoms with E-state index in [9.17, 15) is 0 Å². The van der Waals surface area contributed by atoms with Crippen LogP contribution in [0.25, 0.3) is 0 Å². The van der Waals surface area contributed by atoms with Crippen LogP contribution in [-0.2, 0) is 22.8 Å². The molecule has 0 amide bonds. The molecule has 0 nitrogen and oxygen atoms in total. The molecule has 1 aliphatic heterocycles. The third kappa shape index (κ3) is 0.926. The van der Waals surface area contributed by atoms with Crippen LogP contribution in [0.2, 0.25) is 4.13 Å². The van der Waals surface area contributed by atoms with E-state index in [1.807, 2.05) is 0 Å². The van der Waals surface area contributed by atoms with Gasteiger partial charge in [-0.05, 0) is 0 Å². The van der Waals surface area contributed by atoms with Gasteiger partial charge < -0.3 is 0 Å². The molecule has 0 unspecified atom stereocenters. The zero-order valence-electron chi connectivity index (χ0n) is 2.94. The van der Waals surface area contributed by atoms with Gasteiger partial charge in [0, 0.05) is 0 Å². The van der Waals surface area contributed by atoms with Crippen molar-refractivity contribution >= 4 is 3.71 Å². The molecule has 0 atom stereocenters. The summed E-state index contributed by atoms with van der Waals surface area (Å²) in [6.07, 6.45) is 4.44. The number of hydrogen-bond acceptors (Lipinski definition) is 0. The molecule has 0 aromatic heterocycles. The third-order valence-corrected chi connectivity index (χ3v) is 2.80. The topological polar surface area (TPSA) is 0 Å². The summed E-state index contributed by atoms with van der Waals surface area (Å²) in [4.78, 5) is 0. The number of hydrogen-bond donors (Lipinski definition) is 0. The third-order valence-electron chi connectivity index (χ3n) is 0.586. The second-order valence-electron chi connectivity index (χ2n) is 1.00. The predicted octanol–water partition coefficient (Wildman–Crippen LogP) is 0.859. The minimum absolute atomic E-state index is 0.0928. The molecule has 1 rings (SSSR count). The Labute approximate surface area is 42.9 Å². The molecule has 0 N–H and O–H groups in total. The van der Waals surface area contributed by atoms with Gasteiger partial charge in [-0.1, -0.05) is 0 Å². The molecule has 0 spiro atoms. The van der Waals surface area contributed by atoms with E-state index < -0.39 is 0 Å². The van der Waals surface area contributed by atoms with Gasteiger partial charge in [0.2, 0.25) is 0 Å². The molecule has 1 aliphatic rings. The summed E-state index contributed by atoms with van der Waals surface area (Å²) >= 11 is 0.0928. The van der Waals surface area contributed by atoms with Crippen LogP contribution in [0.15, 0.2) is 12.2 Å². The van der Waals surface area contributed by atoms with E-state index in [2.05, 4.69) is 15.9 Å². The number of allylic oxidation sites excluding steroid dienone is 2. The van der Waals surface area contributed by atoms with Crippen molar-refractivity contribution in [2.45, 2.75) is 4.13 Å². The summed E-state index contributed by atoms with van der Waals surface area (Å²) < 4.78 is 3.78. The molecule has 0 aliphatic carbocycles. The Morgan fingerprint density at radius 3 is 2.80 bits per heavy atom. The first-order chi connectivity index (χ1) is 2.50. The molecule has 0 aromatic rings. The van der Waals surface area contributed by atoms with E-state index in [0.29, 0.717) is 0 Å². The molecule has 0 bridgehead atoms. The Balaban J connectivity index is 2.61. The first-order valence-corrected chi connectivity index (χ1v) is 4.87. The summed E-state index contributed by atoms with van der Waals surface area (Å²) in [7, 11) is 0. The molecule has 0 radical (unpaired) electrons. The molecule has 1 heterocycles. The molecule has 1 heteroatoms. The summed E-state index contributed by atoms with van der Waals surface area (Å²) in [5, 5.41) is 0. The van der Waals surface area contributed by atoms with Crippen LogP contribution in [0.1, 0.15) is 0 Å². The van der Waals surface area contributed by atoms with Crippen LogP contribution >= 0.6 is 0 Å². The van der Waals surface area contributed by atoms with Gasteiger partial charge in [-0.15, -0.1) is 0 Å². The summed E-state index contributed by atoms with van der Waals surface area (Å²) in [5.41, 5.74) is 0. The molecule has 0 saturated carbocycles. The van der Waals surface area contributed by atoms with Gasteiger partial charge in [0.05, 0.1) is 0 Å².